The van der Waals surface area contributed by atoms with Gasteiger partial charge in [0.1, 0.15) is 0 Å². The van der Waals surface area contributed by atoms with Gasteiger partial charge >= 0.3 is 0 Å². The number of hydrogen-bond acceptors (Lipinski definition) is 1. The van der Waals surface area contributed by atoms with Gasteiger partial charge in [-0.15, -0.1) is 0 Å². The van der Waals surface area contributed by atoms with E-state index in [9.17, 15) is 0 Å². The topological polar surface area (TPSA) is 9.23 Å². The molecule has 0 spiro atoms. The van der Waals surface area contributed by atoms with Crippen molar-refractivity contribution in [1.82, 2.24) is 0 Å². The summed E-state index contributed by atoms with van der Waals surface area (Å²) in [4.78, 5) is 0. The summed E-state index contributed by atoms with van der Waals surface area (Å²) in [5, 5.41) is 0. The molecule has 1 atom stereocenters. The van der Waals surface area contributed by atoms with Crippen LogP contribution in [0, 0.1) is 5.92 Å². The van der Waals surface area contributed by atoms with Crippen molar-refractivity contribution in [3.8, 4) is 0 Å². The quantitative estimate of drug-likeness (QED) is 0.611. The molecule has 124 valence electrons. The van der Waals surface area contributed by atoms with E-state index in [4.69, 9.17) is 4.74 Å². The highest BCUT2D eigenvalue weighted by atomic mass is 16.5. The molecule has 1 fully saturated rings. The van der Waals surface area contributed by atoms with E-state index in [-0.39, 0.29) is 0 Å². The van der Waals surface area contributed by atoms with Crippen molar-refractivity contribution in [2.45, 2.75) is 5.92 Å². The fourth-order valence-electron chi connectivity index (χ4n) is 3.72. The molecule has 0 N–H and O–H groups in total. The summed E-state index contributed by atoms with van der Waals surface area (Å²) in [5.41, 5.74) is 5.32. The summed E-state index contributed by atoms with van der Waals surface area (Å²) in [5.74, 6) is 0.685. The molecular formula is C24H22O. The third-order valence-electron chi connectivity index (χ3n) is 4.91. The summed E-state index contributed by atoms with van der Waals surface area (Å²) in [6.45, 7) is 1.49. The van der Waals surface area contributed by atoms with Gasteiger partial charge in [-0.3, -0.25) is 0 Å². The molecule has 1 aliphatic rings. The highest BCUT2D eigenvalue weighted by Gasteiger charge is 2.32. The Balaban J connectivity index is 1.75. The van der Waals surface area contributed by atoms with E-state index in [0.717, 1.165) is 13.2 Å². The molecule has 0 unspecified atom stereocenters. The van der Waals surface area contributed by atoms with Crippen LogP contribution in [0.25, 0.3) is 6.08 Å². The van der Waals surface area contributed by atoms with Gasteiger partial charge in [0, 0.05) is 11.8 Å². The van der Waals surface area contributed by atoms with Crippen LogP contribution in [0.5, 0.6) is 0 Å². The second kappa shape index (κ2) is 7.50. The molecule has 1 nitrogen and oxygen atoms in total. The zero-order valence-corrected chi connectivity index (χ0v) is 14.2. The number of benzene rings is 3. The number of rotatable bonds is 4. The Kier molecular flexibility index (Phi) is 4.76. The monoisotopic (exact) mass is 326 g/mol. The van der Waals surface area contributed by atoms with Crippen LogP contribution in [0.1, 0.15) is 22.6 Å². The molecule has 0 aromatic heterocycles. The zero-order chi connectivity index (χ0) is 16.9. The Hall–Kier alpha value is -2.64. The molecule has 1 heteroatoms. The average Bonchev–Trinajstić information content (AvgIpc) is 3.12. The molecule has 0 aliphatic carbocycles. The molecule has 0 radical (unpaired) electrons. The number of hydrogen-bond donors (Lipinski definition) is 0. The smallest absolute Gasteiger partial charge is 0.0684 e. The van der Waals surface area contributed by atoms with E-state index in [1.807, 2.05) is 0 Å². The minimum Gasteiger partial charge on any atom is -0.376 e. The highest BCUT2D eigenvalue weighted by molar-refractivity contribution is 5.55. The fraction of sp³-hybridized carbons (Fsp3) is 0.167. The van der Waals surface area contributed by atoms with Gasteiger partial charge in [0.05, 0.1) is 13.2 Å². The maximum atomic E-state index is 5.90. The summed E-state index contributed by atoms with van der Waals surface area (Å²) < 4.78 is 5.90. The Labute approximate surface area is 149 Å². The first-order valence-corrected chi connectivity index (χ1v) is 8.85. The summed E-state index contributed by atoms with van der Waals surface area (Å²) in [7, 11) is 0. The SMILES string of the molecule is C(=C1\COC[C@@H]1C(c1ccccc1)c1ccccc1)/c1ccccc1. The Bertz CT molecular complexity index is 782. The van der Waals surface area contributed by atoms with Crippen molar-refractivity contribution >= 4 is 6.08 Å². The second-order valence-corrected chi connectivity index (χ2v) is 6.55. The lowest BCUT2D eigenvalue weighted by atomic mass is 9.78. The van der Waals surface area contributed by atoms with E-state index >= 15 is 0 Å². The van der Waals surface area contributed by atoms with Crippen molar-refractivity contribution in [3.05, 3.63) is 113 Å². The summed E-state index contributed by atoms with van der Waals surface area (Å²) in [6, 6.07) is 32.1. The van der Waals surface area contributed by atoms with Gasteiger partial charge in [-0.05, 0) is 22.3 Å². The van der Waals surface area contributed by atoms with Gasteiger partial charge in [0.2, 0.25) is 0 Å². The molecular weight excluding hydrogens is 304 g/mol. The van der Waals surface area contributed by atoms with Crippen LogP contribution in [0.2, 0.25) is 0 Å². The molecule has 1 heterocycles. The zero-order valence-electron chi connectivity index (χ0n) is 14.2. The third-order valence-corrected chi connectivity index (χ3v) is 4.91. The Morgan fingerprint density at radius 1 is 0.720 bits per heavy atom. The maximum absolute atomic E-state index is 5.90. The molecule has 1 saturated heterocycles. The van der Waals surface area contributed by atoms with Crippen LogP contribution in [-0.4, -0.2) is 13.2 Å². The van der Waals surface area contributed by atoms with Gasteiger partial charge in [-0.1, -0.05) is 97.1 Å². The van der Waals surface area contributed by atoms with Crippen molar-refractivity contribution in [3.63, 3.8) is 0 Å². The maximum Gasteiger partial charge on any atom is 0.0684 e. The second-order valence-electron chi connectivity index (χ2n) is 6.55. The first-order valence-electron chi connectivity index (χ1n) is 8.85. The fourth-order valence-corrected chi connectivity index (χ4v) is 3.72. The molecule has 1 aliphatic heterocycles. The predicted molar refractivity (Wildman–Crippen MR) is 103 cm³/mol. The van der Waals surface area contributed by atoms with Crippen LogP contribution in [-0.2, 0) is 4.74 Å². The summed E-state index contributed by atoms with van der Waals surface area (Å²) >= 11 is 0. The van der Waals surface area contributed by atoms with Crippen molar-refractivity contribution in [1.29, 1.82) is 0 Å². The van der Waals surface area contributed by atoms with E-state index < -0.39 is 0 Å². The lowest BCUT2D eigenvalue weighted by Gasteiger charge is -2.25. The lowest BCUT2D eigenvalue weighted by Crippen LogP contribution is -2.16. The van der Waals surface area contributed by atoms with Gasteiger partial charge in [0.25, 0.3) is 0 Å². The van der Waals surface area contributed by atoms with E-state index in [2.05, 4.69) is 97.1 Å². The molecule has 0 saturated carbocycles. The largest absolute Gasteiger partial charge is 0.376 e. The first-order chi connectivity index (χ1) is 12.4. The molecule has 3 aromatic carbocycles. The summed E-state index contributed by atoms with van der Waals surface area (Å²) in [6.07, 6.45) is 2.30. The van der Waals surface area contributed by atoms with Gasteiger partial charge in [-0.25, -0.2) is 0 Å². The van der Waals surface area contributed by atoms with Crippen LogP contribution in [0.3, 0.4) is 0 Å². The predicted octanol–water partition coefficient (Wildman–Crippen LogP) is 5.55. The number of ether oxygens (including phenoxy) is 1. The average molecular weight is 326 g/mol. The Morgan fingerprint density at radius 2 is 1.24 bits per heavy atom. The first kappa shape index (κ1) is 15.9. The van der Waals surface area contributed by atoms with Crippen LogP contribution < -0.4 is 0 Å². The van der Waals surface area contributed by atoms with Gasteiger partial charge < -0.3 is 4.74 Å². The van der Waals surface area contributed by atoms with Crippen molar-refractivity contribution in [2.75, 3.05) is 13.2 Å². The molecule has 0 amide bonds. The molecule has 0 bridgehead atoms. The normalized spacial score (nSPS) is 18.8. The van der Waals surface area contributed by atoms with Crippen LogP contribution in [0.4, 0.5) is 0 Å². The minimum atomic E-state index is 0.319. The van der Waals surface area contributed by atoms with Crippen molar-refractivity contribution < 1.29 is 4.74 Å². The standard InChI is InChI=1S/C24H22O/c1-4-10-19(11-5-1)16-22-17-25-18-23(22)24(20-12-6-2-7-13-20)21-14-8-3-9-15-21/h1-16,23-24H,17-18H2/b22-16-/t23-/m0/s1. The highest BCUT2D eigenvalue weighted by Crippen LogP contribution is 2.39. The van der Waals surface area contributed by atoms with Crippen molar-refractivity contribution in [2.24, 2.45) is 5.92 Å². The third kappa shape index (κ3) is 3.57. The minimum absolute atomic E-state index is 0.319. The lowest BCUT2D eigenvalue weighted by molar-refractivity contribution is 0.184. The molecule has 4 rings (SSSR count). The Morgan fingerprint density at radius 3 is 1.80 bits per heavy atom. The van der Waals surface area contributed by atoms with Crippen LogP contribution >= 0.6 is 0 Å². The van der Waals surface area contributed by atoms with E-state index in [1.165, 1.54) is 22.3 Å². The molecule has 3 aromatic rings. The van der Waals surface area contributed by atoms with Crippen LogP contribution in [0.15, 0.2) is 96.6 Å². The molecule has 25 heavy (non-hydrogen) atoms. The van der Waals surface area contributed by atoms with Gasteiger partial charge in [-0.2, -0.15) is 0 Å². The van der Waals surface area contributed by atoms with E-state index in [1.54, 1.807) is 0 Å². The van der Waals surface area contributed by atoms with E-state index in [0.29, 0.717) is 11.8 Å². The van der Waals surface area contributed by atoms with Gasteiger partial charge in [0.15, 0.2) is 0 Å².